The number of amides is 1. The summed E-state index contributed by atoms with van der Waals surface area (Å²) in [6.45, 7) is 9.58. The lowest BCUT2D eigenvalue weighted by atomic mass is 9.98. The van der Waals surface area contributed by atoms with Gasteiger partial charge >= 0.3 is 0 Å². The van der Waals surface area contributed by atoms with Crippen LogP contribution in [-0.4, -0.2) is 29.9 Å². The first-order chi connectivity index (χ1) is 7.95. The van der Waals surface area contributed by atoms with Gasteiger partial charge in [-0.3, -0.25) is 14.7 Å². The summed E-state index contributed by atoms with van der Waals surface area (Å²) in [5.41, 5.74) is -0.575. The summed E-state index contributed by atoms with van der Waals surface area (Å²) in [7, 11) is 0.505. The third-order valence-corrected chi connectivity index (χ3v) is 3.86. The molecule has 17 heavy (non-hydrogen) atoms. The van der Waals surface area contributed by atoms with E-state index in [1.807, 2.05) is 34.4 Å². The van der Waals surface area contributed by atoms with Gasteiger partial charge in [-0.05, 0) is 26.4 Å². The highest BCUT2D eigenvalue weighted by Gasteiger charge is 2.32. The fourth-order valence-electron chi connectivity index (χ4n) is 1.56. The van der Waals surface area contributed by atoms with Crippen molar-refractivity contribution in [1.29, 1.82) is 0 Å². The zero-order chi connectivity index (χ0) is 13.5. The molecule has 0 saturated carbocycles. The molecule has 1 amide bonds. The second kappa shape index (κ2) is 7.78. The van der Waals surface area contributed by atoms with E-state index in [-0.39, 0.29) is 17.7 Å². The van der Waals surface area contributed by atoms with Crippen molar-refractivity contribution in [3.05, 3.63) is 0 Å². The zero-order valence-corrected chi connectivity index (χ0v) is 12.5. The molecule has 0 bridgehead atoms. The summed E-state index contributed by atoms with van der Waals surface area (Å²) in [4.78, 5) is 23.8. The van der Waals surface area contributed by atoms with Crippen LogP contribution in [0.15, 0.2) is 0 Å². The van der Waals surface area contributed by atoms with E-state index in [1.165, 1.54) is 0 Å². The third kappa shape index (κ3) is 4.72. The van der Waals surface area contributed by atoms with E-state index in [4.69, 9.17) is 0 Å². The Morgan fingerprint density at radius 3 is 2.24 bits per heavy atom. The quantitative estimate of drug-likeness (QED) is 0.655. The van der Waals surface area contributed by atoms with Gasteiger partial charge in [-0.2, -0.15) is 0 Å². The van der Waals surface area contributed by atoms with E-state index < -0.39 is 5.54 Å². The Kier molecular flexibility index (Phi) is 7.56. The molecular weight excluding hydrogens is 235 g/mol. The van der Waals surface area contributed by atoms with Gasteiger partial charge in [0.1, 0.15) is 0 Å². The van der Waals surface area contributed by atoms with Gasteiger partial charge in [-0.25, -0.2) is 0 Å². The maximum atomic E-state index is 12.2. The average molecular weight is 260 g/mol. The number of hydrogen-bond acceptors (Lipinski definition) is 3. The van der Waals surface area contributed by atoms with Crippen LogP contribution < -0.4 is 10.4 Å². The lowest BCUT2D eigenvalue weighted by Gasteiger charge is -2.29. The fraction of sp³-hybridized carbons (Fsp3) is 0.833. The molecule has 0 aromatic carbocycles. The zero-order valence-electron chi connectivity index (χ0n) is 11.5. The van der Waals surface area contributed by atoms with Gasteiger partial charge in [0.25, 0.3) is 0 Å². The normalized spacial score (nSPS) is 16.8. The van der Waals surface area contributed by atoms with Gasteiger partial charge in [0.2, 0.25) is 5.91 Å². The van der Waals surface area contributed by atoms with Crippen LogP contribution in [0.3, 0.4) is 0 Å². The van der Waals surface area contributed by atoms with Gasteiger partial charge in [-0.1, -0.05) is 29.5 Å². The minimum atomic E-state index is -0.575. The van der Waals surface area contributed by atoms with Crippen LogP contribution in [0.1, 0.15) is 47.0 Å². The number of ketones is 1. The Morgan fingerprint density at radius 1 is 1.29 bits per heavy atom. The predicted molar refractivity (Wildman–Crippen MR) is 73.6 cm³/mol. The molecule has 5 heteroatoms. The molecular formula is C12H25N2O2P. The minimum absolute atomic E-state index is 0.0806. The minimum Gasteiger partial charge on any atom is -0.345 e. The summed E-state index contributed by atoms with van der Waals surface area (Å²) in [5.74, 6) is 0.0150. The molecule has 0 rings (SSSR count). The van der Waals surface area contributed by atoms with Crippen LogP contribution >= 0.6 is 8.73 Å². The predicted octanol–water partition coefficient (Wildman–Crippen LogP) is 1.84. The maximum Gasteiger partial charge on any atom is 0.240 e. The second-order valence-corrected chi connectivity index (χ2v) is 5.06. The van der Waals surface area contributed by atoms with Gasteiger partial charge in [-0.15, -0.1) is 0 Å². The van der Waals surface area contributed by atoms with E-state index in [0.717, 1.165) is 0 Å². The van der Waals surface area contributed by atoms with Crippen LogP contribution in [0.4, 0.5) is 0 Å². The summed E-state index contributed by atoms with van der Waals surface area (Å²) in [6.07, 6.45) is 1.81. The number of carbonyl (C=O) groups is 2. The smallest absolute Gasteiger partial charge is 0.240 e. The molecule has 0 radical (unpaired) electrons. The lowest BCUT2D eigenvalue weighted by molar-refractivity contribution is -0.131. The molecule has 2 N–H and O–H groups in total. The van der Waals surface area contributed by atoms with Crippen molar-refractivity contribution in [3.63, 3.8) is 0 Å². The number of Topliss-reactive ketones (excluding diaryl/α,β-unsaturated/α-hetero) is 1. The van der Waals surface area contributed by atoms with Crippen molar-refractivity contribution in [2.24, 2.45) is 0 Å². The lowest BCUT2D eigenvalue weighted by Crippen LogP contribution is -2.55. The first-order valence-corrected chi connectivity index (χ1v) is 7.72. The first-order valence-electron chi connectivity index (χ1n) is 6.22. The standard InChI is InChI=1S/C12H25N2O2P/c1-6-9(10(15)7-2)13-11(16)12(4,8-3)14-17-5/h9,14,17H,6-8H2,1-5H3,(H,13,16). The Hall–Kier alpha value is -0.470. The van der Waals surface area contributed by atoms with Crippen molar-refractivity contribution < 1.29 is 9.59 Å². The van der Waals surface area contributed by atoms with E-state index in [9.17, 15) is 9.59 Å². The number of nitrogens with one attached hydrogen (secondary N) is 2. The molecule has 0 spiro atoms. The number of rotatable bonds is 8. The average Bonchev–Trinajstić information content (AvgIpc) is 2.34. The molecule has 3 unspecified atom stereocenters. The molecule has 0 heterocycles. The summed E-state index contributed by atoms with van der Waals surface area (Å²) < 4.78 is 0. The van der Waals surface area contributed by atoms with Crippen LogP contribution in [0, 0.1) is 0 Å². The summed E-state index contributed by atoms with van der Waals surface area (Å²) >= 11 is 0. The Bertz CT molecular complexity index is 271. The highest BCUT2D eigenvalue weighted by Crippen LogP contribution is 2.15. The van der Waals surface area contributed by atoms with E-state index in [0.29, 0.717) is 28.0 Å². The number of carbonyl (C=O) groups excluding carboxylic acids is 2. The van der Waals surface area contributed by atoms with Crippen molar-refractivity contribution in [2.45, 2.75) is 58.5 Å². The van der Waals surface area contributed by atoms with Crippen LogP contribution in [0.25, 0.3) is 0 Å². The molecule has 0 aromatic heterocycles. The highest BCUT2D eigenvalue weighted by molar-refractivity contribution is 7.34. The fourth-order valence-corrected chi connectivity index (χ4v) is 2.40. The Balaban J connectivity index is 4.63. The number of hydrogen-bond donors (Lipinski definition) is 2. The van der Waals surface area contributed by atoms with E-state index >= 15 is 0 Å². The van der Waals surface area contributed by atoms with Crippen molar-refractivity contribution >= 4 is 20.4 Å². The molecule has 0 aliphatic carbocycles. The van der Waals surface area contributed by atoms with Crippen LogP contribution in [-0.2, 0) is 9.59 Å². The van der Waals surface area contributed by atoms with Crippen molar-refractivity contribution in [3.8, 4) is 0 Å². The molecule has 0 aromatic rings. The second-order valence-electron chi connectivity index (χ2n) is 4.31. The van der Waals surface area contributed by atoms with Crippen LogP contribution in [0.5, 0.6) is 0 Å². The monoisotopic (exact) mass is 260 g/mol. The topological polar surface area (TPSA) is 58.2 Å². The summed E-state index contributed by atoms with van der Waals surface area (Å²) in [6, 6.07) is -0.347. The highest BCUT2D eigenvalue weighted by atomic mass is 31.1. The van der Waals surface area contributed by atoms with Gasteiger partial charge in [0.15, 0.2) is 5.78 Å². The van der Waals surface area contributed by atoms with Gasteiger partial charge in [0.05, 0.1) is 11.6 Å². The van der Waals surface area contributed by atoms with E-state index in [1.54, 1.807) is 0 Å². The largest absolute Gasteiger partial charge is 0.345 e. The SMILES string of the molecule is CCC(=O)C(CC)NC(=O)C(C)(CC)NPC. The summed E-state index contributed by atoms with van der Waals surface area (Å²) in [5, 5.41) is 6.05. The Labute approximate surface area is 106 Å². The van der Waals surface area contributed by atoms with E-state index in [2.05, 4.69) is 10.4 Å². The molecule has 4 nitrogen and oxygen atoms in total. The molecule has 0 fully saturated rings. The first kappa shape index (κ1) is 16.5. The third-order valence-electron chi connectivity index (χ3n) is 3.06. The molecule has 0 aliphatic heterocycles. The maximum absolute atomic E-state index is 12.2. The molecule has 100 valence electrons. The van der Waals surface area contributed by atoms with Crippen molar-refractivity contribution in [1.82, 2.24) is 10.4 Å². The molecule has 0 aliphatic rings. The molecule has 3 atom stereocenters. The van der Waals surface area contributed by atoms with Gasteiger partial charge < -0.3 is 5.32 Å². The Morgan fingerprint density at radius 2 is 1.88 bits per heavy atom. The van der Waals surface area contributed by atoms with Crippen LogP contribution in [0.2, 0.25) is 0 Å². The molecule has 0 saturated heterocycles. The van der Waals surface area contributed by atoms with Crippen molar-refractivity contribution in [2.75, 3.05) is 6.66 Å². The van der Waals surface area contributed by atoms with Gasteiger partial charge in [0, 0.05) is 6.42 Å².